The third-order valence-corrected chi connectivity index (χ3v) is 7.59. The number of carboxylic acid groups (broad SMARTS) is 2. The standard InChI is InChI=1S/C20H30O5/c1-13-6-7-14-18(3,16(23)24)8-5-9-19(14,4)20(13)11-10-17(2,25-20)12-15(21)22/h6,14H,5,7-12H2,1-4H3,(H,21,22)(H,23,24)/t14-,17-,18+,19-,20+/m0/s1. The van der Waals surface area contributed by atoms with Gasteiger partial charge in [0.1, 0.15) is 0 Å². The van der Waals surface area contributed by atoms with E-state index in [0.29, 0.717) is 12.8 Å². The van der Waals surface area contributed by atoms with Crippen LogP contribution in [-0.4, -0.2) is 33.4 Å². The van der Waals surface area contributed by atoms with Crippen LogP contribution in [0.1, 0.15) is 72.6 Å². The SMILES string of the molecule is CC1=CC[C@H]2[C@](C)(C(=O)O)CCC[C@]2(C)[C@@]12CC[C@@](C)(CC(=O)O)O2. The molecule has 1 aliphatic heterocycles. The predicted octanol–water partition coefficient (Wildman–Crippen LogP) is 4.02. The van der Waals surface area contributed by atoms with Gasteiger partial charge in [0, 0.05) is 5.41 Å². The summed E-state index contributed by atoms with van der Waals surface area (Å²) in [4.78, 5) is 23.4. The van der Waals surface area contributed by atoms with E-state index in [4.69, 9.17) is 4.74 Å². The van der Waals surface area contributed by atoms with Crippen LogP contribution >= 0.6 is 0 Å². The molecular formula is C20H30O5. The quantitative estimate of drug-likeness (QED) is 0.751. The summed E-state index contributed by atoms with van der Waals surface area (Å²) in [6.45, 7) is 8.02. The van der Waals surface area contributed by atoms with E-state index in [0.717, 1.165) is 31.3 Å². The summed E-state index contributed by atoms with van der Waals surface area (Å²) in [5, 5.41) is 19.2. The molecule has 0 aromatic heterocycles. The zero-order valence-corrected chi connectivity index (χ0v) is 15.7. The summed E-state index contributed by atoms with van der Waals surface area (Å²) in [6.07, 6.45) is 6.82. The minimum atomic E-state index is -0.849. The van der Waals surface area contributed by atoms with Crippen LogP contribution in [-0.2, 0) is 14.3 Å². The fourth-order valence-corrected chi connectivity index (χ4v) is 6.13. The van der Waals surface area contributed by atoms with Gasteiger partial charge in [-0.3, -0.25) is 9.59 Å². The summed E-state index contributed by atoms with van der Waals surface area (Å²) in [7, 11) is 0. The first-order valence-corrected chi connectivity index (χ1v) is 9.32. The number of fused-ring (bicyclic) bond motifs is 2. The maximum atomic E-state index is 12.1. The molecule has 25 heavy (non-hydrogen) atoms. The fourth-order valence-electron chi connectivity index (χ4n) is 6.13. The highest BCUT2D eigenvalue weighted by Crippen LogP contribution is 2.66. The van der Waals surface area contributed by atoms with Gasteiger partial charge in [0.15, 0.2) is 0 Å². The number of allylic oxidation sites excluding steroid dienone is 1. The van der Waals surface area contributed by atoms with Crippen LogP contribution in [0.3, 0.4) is 0 Å². The molecule has 5 heteroatoms. The number of hydrogen-bond acceptors (Lipinski definition) is 3. The van der Waals surface area contributed by atoms with Gasteiger partial charge in [-0.1, -0.05) is 19.4 Å². The van der Waals surface area contributed by atoms with Crippen molar-refractivity contribution in [2.75, 3.05) is 0 Å². The van der Waals surface area contributed by atoms with Gasteiger partial charge in [-0.25, -0.2) is 0 Å². The summed E-state index contributed by atoms with van der Waals surface area (Å²) >= 11 is 0. The lowest BCUT2D eigenvalue weighted by molar-refractivity contribution is -0.201. The molecular weight excluding hydrogens is 320 g/mol. The monoisotopic (exact) mass is 350 g/mol. The first-order chi connectivity index (χ1) is 11.5. The topological polar surface area (TPSA) is 83.8 Å². The van der Waals surface area contributed by atoms with Crippen LogP contribution in [0.15, 0.2) is 11.6 Å². The van der Waals surface area contributed by atoms with E-state index in [2.05, 4.69) is 19.9 Å². The maximum Gasteiger partial charge on any atom is 0.309 e. The first-order valence-electron chi connectivity index (χ1n) is 9.32. The highest BCUT2D eigenvalue weighted by molar-refractivity contribution is 5.75. The molecule has 0 bridgehead atoms. The van der Waals surface area contributed by atoms with Crippen molar-refractivity contribution in [1.29, 1.82) is 0 Å². The number of ether oxygens (including phenoxy) is 1. The second-order valence-electron chi connectivity index (χ2n) is 9.12. The van der Waals surface area contributed by atoms with Gasteiger partial charge < -0.3 is 14.9 Å². The van der Waals surface area contributed by atoms with Gasteiger partial charge in [-0.05, 0) is 64.4 Å². The van der Waals surface area contributed by atoms with Crippen molar-refractivity contribution >= 4 is 11.9 Å². The molecule has 5 nitrogen and oxygen atoms in total. The van der Waals surface area contributed by atoms with Crippen molar-refractivity contribution in [3.05, 3.63) is 11.6 Å². The Balaban J connectivity index is 2.05. The van der Waals surface area contributed by atoms with E-state index in [1.165, 1.54) is 0 Å². The van der Waals surface area contributed by atoms with Gasteiger partial charge in [0.05, 0.1) is 23.0 Å². The van der Waals surface area contributed by atoms with E-state index in [1.54, 1.807) is 0 Å². The Hall–Kier alpha value is -1.36. The molecule has 1 spiro atoms. The Bertz CT molecular complexity index is 640. The Labute approximate surface area is 149 Å². The number of carbonyl (C=O) groups is 2. The molecule has 0 aromatic rings. The highest BCUT2D eigenvalue weighted by Gasteiger charge is 2.66. The second kappa shape index (κ2) is 5.57. The van der Waals surface area contributed by atoms with Crippen molar-refractivity contribution in [3.63, 3.8) is 0 Å². The summed E-state index contributed by atoms with van der Waals surface area (Å²) in [5.74, 6) is -1.57. The Morgan fingerprint density at radius 2 is 1.84 bits per heavy atom. The molecule has 140 valence electrons. The zero-order chi connectivity index (χ0) is 18.7. The van der Waals surface area contributed by atoms with Crippen LogP contribution in [0.25, 0.3) is 0 Å². The van der Waals surface area contributed by atoms with Crippen molar-refractivity contribution in [3.8, 4) is 0 Å². The molecule has 2 fully saturated rings. The molecule has 1 saturated heterocycles. The molecule has 5 atom stereocenters. The minimum absolute atomic E-state index is 0.00197. The van der Waals surface area contributed by atoms with Crippen LogP contribution in [0.4, 0.5) is 0 Å². The van der Waals surface area contributed by atoms with Crippen LogP contribution < -0.4 is 0 Å². The van der Waals surface area contributed by atoms with Gasteiger partial charge in [-0.2, -0.15) is 0 Å². The van der Waals surface area contributed by atoms with Crippen molar-refractivity contribution < 1.29 is 24.5 Å². The van der Waals surface area contributed by atoms with E-state index in [-0.39, 0.29) is 17.8 Å². The summed E-state index contributed by atoms with van der Waals surface area (Å²) < 4.78 is 6.60. The molecule has 2 aliphatic carbocycles. The van der Waals surface area contributed by atoms with Gasteiger partial charge >= 0.3 is 11.9 Å². The Morgan fingerprint density at radius 3 is 2.44 bits per heavy atom. The summed E-state index contributed by atoms with van der Waals surface area (Å²) in [6, 6.07) is 0. The first kappa shape index (κ1) is 18.4. The molecule has 0 radical (unpaired) electrons. The summed E-state index contributed by atoms with van der Waals surface area (Å²) in [5.41, 5.74) is -1.13. The normalized spacial score (nSPS) is 46.6. The molecule has 3 aliphatic rings. The van der Waals surface area contributed by atoms with E-state index in [1.807, 2.05) is 13.8 Å². The lowest BCUT2D eigenvalue weighted by Crippen LogP contribution is -2.61. The number of aliphatic carboxylic acids is 2. The van der Waals surface area contributed by atoms with Crippen LogP contribution in [0, 0.1) is 16.7 Å². The van der Waals surface area contributed by atoms with Crippen molar-refractivity contribution in [2.24, 2.45) is 16.7 Å². The molecule has 1 heterocycles. The van der Waals surface area contributed by atoms with Crippen molar-refractivity contribution in [1.82, 2.24) is 0 Å². The molecule has 0 aromatic carbocycles. The lowest BCUT2D eigenvalue weighted by Gasteiger charge is -2.60. The molecule has 2 N–H and O–H groups in total. The third-order valence-electron chi connectivity index (χ3n) is 7.59. The number of rotatable bonds is 3. The Morgan fingerprint density at radius 1 is 1.16 bits per heavy atom. The number of carboxylic acids is 2. The average molecular weight is 350 g/mol. The largest absolute Gasteiger partial charge is 0.481 e. The zero-order valence-electron chi connectivity index (χ0n) is 15.7. The van der Waals surface area contributed by atoms with Crippen molar-refractivity contribution in [2.45, 2.75) is 83.8 Å². The highest BCUT2D eigenvalue weighted by atomic mass is 16.5. The molecule has 0 amide bonds. The lowest BCUT2D eigenvalue weighted by atomic mass is 9.46. The Kier molecular flexibility index (Phi) is 4.10. The molecule has 3 rings (SSSR count). The van der Waals surface area contributed by atoms with Crippen LogP contribution in [0.5, 0.6) is 0 Å². The van der Waals surface area contributed by atoms with E-state index < -0.39 is 28.6 Å². The fraction of sp³-hybridized carbons (Fsp3) is 0.800. The molecule has 1 saturated carbocycles. The smallest absolute Gasteiger partial charge is 0.309 e. The van der Waals surface area contributed by atoms with Crippen LogP contribution in [0.2, 0.25) is 0 Å². The third kappa shape index (κ3) is 2.46. The molecule has 0 unspecified atom stereocenters. The van der Waals surface area contributed by atoms with Gasteiger partial charge in [-0.15, -0.1) is 0 Å². The minimum Gasteiger partial charge on any atom is -0.481 e. The maximum absolute atomic E-state index is 12.1. The predicted molar refractivity (Wildman–Crippen MR) is 93.3 cm³/mol. The van der Waals surface area contributed by atoms with E-state index >= 15 is 0 Å². The van der Waals surface area contributed by atoms with Gasteiger partial charge in [0.2, 0.25) is 0 Å². The second-order valence-corrected chi connectivity index (χ2v) is 9.12. The van der Waals surface area contributed by atoms with Gasteiger partial charge in [0.25, 0.3) is 0 Å². The number of hydrogen-bond donors (Lipinski definition) is 2. The average Bonchev–Trinajstić information content (AvgIpc) is 2.83. The van der Waals surface area contributed by atoms with E-state index in [9.17, 15) is 19.8 Å².